The molecule has 0 heterocycles. The SMILES string of the molecule is Cc1cccc(NCc2cc([N+](=O)[O-])c(F)cc2F)c1. The average Bonchev–Trinajstić information content (AvgIpc) is 2.37. The molecule has 6 heteroatoms. The highest BCUT2D eigenvalue weighted by molar-refractivity contribution is 5.47. The molecule has 0 aliphatic rings. The summed E-state index contributed by atoms with van der Waals surface area (Å²) in [5, 5.41) is 13.6. The second-order valence-corrected chi connectivity index (χ2v) is 4.38. The Kier molecular flexibility index (Phi) is 3.93. The molecule has 0 radical (unpaired) electrons. The number of benzene rings is 2. The quantitative estimate of drug-likeness (QED) is 0.683. The number of rotatable bonds is 4. The number of nitrogens with one attached hydrogen (secondary N) is 1. The Labute approximate surface area is 114 Å². The predicted molar refractivity (Wildman–Crippen MR) is 71.5 cm³/mol. The maximum atomic E-state index is 13.6. The van der Waals surface area contributed by atoms with Crippen LogP contribution in [0.5, 0.6) is 0 Å². The fourth-order valence-corrected chi connectivity index (χ4v) is 1.81. The van der Waals surface area contributed by atoms with Crippen molar-refractivity contribution in [3.8, 4) is 0 Å². The molecule has 2 rings (SSSR count). The minimum atomic E-state index is -1.17. The van der Waals surface area contributed by atoms with Crippen LogP contribution in [-0.2, 0) is 6.54 Å². The molecule has 104 valence electrons. The number of nitro groups is 1. The first-order valence-corrected chi connectivity index (χ1v) is 5.90. The van der Waals surface area contributed by atoms with E-state index in [0.29, 0.717) is 6.07 Å². The lowest BCUT2D eigenvalue weighted by atomic mass is 10.1. The monoisotopic (exact) mass is 278 g/mol. The lowest BCUT2D eigenvalue weighted by Crippen LogP contribution is -2.04. The first kappa shape index (κ1) is 13.9. The smallest absolute Gasteiger partial charge is 0.305 e. The molecule has 0 aliphatic carbocycles. The molecule has 0 amide bonds. The first-order valence-electron chi connectivity index (χ1n) is 5.90. The molecule has 0 bridgehead atoms. The molecule has 2 aromatic rings. The Bertz CT molecular complexity index is 660. The van der Waals surface area contributed by atoms with E-state index in [0.717, 1.165) is 17.3 Å². The zero-order chi connectivity index (χ0) is 14.7. The van der Waals surface area contributed by atoms with Crippen molar-refractivity contribution in [2.75, 3.05) is 5.32 Å². The van der Waals surface area contributed by atoms with Crippen LogP contribution in [0.3, 0.4) is 0 Å². The van der Waals surface area contributed by atoms with Gasteiger partial charge in [-0.15, -0.1) is 0 Å². The van der Waals surface area contributed by atoms with E-state index in [9.17, 15) is 18.9 Å². The number of anilines is 1. The van der Waals surface area contributed by atoms with Gasteiger partial charge >= 0.3 is 5.69 Å². The van der Waals surface area contributed by atoms with Crippen LogP contribution in [-0.4, -0.2) is 4.92 Å². The van der Waals surface area contributed by atoms with Crippen LogP contribution in [0.4, 0.5) is 20.2 Å². The first-order chi connectivity index (χ1) is 9.47. The summed E-state index contributed by atoms with van der Waals surface area (Å²) >= 11 is 0. The third-order valence-corrected chi connectivity index (χ3v) is 2.81. The van der Waals surface area contributed by atoms with Crippen molar-refractivity contribution in [3.05, 3.63) is 69.3 Å². The molecule has 2 aromatic carbocycles. The van der Waals surface area contributed by atoms with Gasteiger partial charge < -0.3 is 5.32 Å². The Morgan fingerprint density at radius 3 is 2.60 bits per heavy atom. The van der Waals surface area contributed by atoms with Gasteiger partial charge in [-0.25, -0.2) is 4.39 Å². The highest BCUT2D eigenvalue weighted by atomic mass is 19.1. The molecule has 0 fully saturated rings. The van der Waals surface area contributed by atoms with Gasteiger partial charge in [0.1, 0.15) is 5.82 Å². The molecule has 0 saturated carbocycles. The summed E-state index contributed by atoms with van der Waals surface area (Å²) < 4.78 is 26.8. The zero-order valence-electron chi connectivity index (χ0n) is 10.7. The molecular formula is C14H12F2N2O2. The molecule has 0 unspecified atom stereocenters. The van der Waals surface area contributed by atoms with Crippen molar-refractivity contribution in [1.29, 1.82) is 0 Å². The van der Waals surface area contributed by atoms with E-state index in [1.54, 1.807) is 6.07 Å². The minimum Gasteiger partial charge on any atom is -0.381 e. The van der Waals surface area contributed by atoms with Crippen LogP contribution in [0.2, 0.25) is 0 Å². The summed E-state index contributed by atoms with van der Waals surface area (Å²) in [5.41, 5.74) is 1.10. The fraction of sp³-hybridized carbons (Fsp3) is 0.143. The summed E-state index contributed by atoms with van der Waals surface area (Å²) in [7, 11) is 0. The van der Waals surface area contributed by atoms with Gasteiger partial charge in [-0.05, 0) is 24.6 Å². The number of hydrogen-bond acceptors (Lipinski definition) is 3. The predicted octanol–water partition coefficient (Wildman–Crippen LogP) is 3.79. The lowest BCUT2D eigenvalue weighted by molar-refractivity contribution is -0.387. The number of nitro benzene ring substituents is 1. The Hall–Kier alpha value is -2.50. The standard InChI is InChI=1S/C14H12F2N2O2/c1-9-3-2-4-11(5-9)17-8-10-6-14(18(19)20)13(16)7-12(10)15/h2-7,17H,8H2,1H3. The van der Waals surface area contributed by atoms with E-state index in [-0.39, 0.29) is 12.1 Å². The third kappa shape index (κ3) is 3.09. The average molecular weight is 278 g/mol. The number of aryl methyl sites for hydroxylation is 1. The number of halogens is 2. The molecule has 0 aliphatic heterocycles. The van der Waals surface area contributed by atoms with E-state index < -0.39 is 22.2 Å². The maximum absolute atomic E-state index is 13.6. The maximum Gasteiger partial charge on any atom is 0.305 e. The van der Waals surface area contributed by atoms with E-state index in [1.165, 1.54) is 0 Å². The van der Waals surface area contributed by atoms with Gasteiger partial charge in [-0.3, -0.25) is 10.1 Å². The highest BCUT2D eigenvalue weighted by Gasteiger charge is 2.18. The molecule has 1 N–H and O–H groups in total. The van der Waals surface area contributed by atoms with Crippen LogP contribution in [0, 0.1) is 28.7 Å². The number of hydrogen-bond donors (Lipinski definition) is 1. The van der Waals surface area contributed by atoms with E-state index in [4.69, 9.17) is 0 Å². The van der Waals surface area contributed by atoms with E-state index in [2.05, 4.69) is 5.32 Å². The van der Waals surface area contributed by atoms with Crippen LogP contribution < -0.4 is 5.32 Å². The van der Waals surface area contributed by atoms with Gasteiger partial charge in [0.05, 0.1) is 4.92 Å². The van der Waals surface area contributed by atoms with Crippen molar-refractivity contribution >= 4 is 11.4 Å². The van der Waals surface area contributed by atoms with Crippen molar-refractivity contribution in [1.82, 2.24) is 0 Å². The third-order valence-electron chi connectivity index (χ3n) is 2.81. The van der Waals surface area contributed by atoms with Gasteiger partial charge in [0.25, 0.3) is 0 Å². The summed E-state index contributed by atoms with van der Waals surface area (Å²) in [6.45, 7) is 1.95. The van der Waals surface area contributed by atoms with E-state index in [1.807, 2.05) is 25.1 Å². The summed E-state index contributed by atoms with van der Waals surface area (Å²) in [6, 6.07) is 8.84. The molecule has 4 nitrogen and oxygen atoms in total. The topological polar surface area (TPSA) is 55.2 Å². The Morgan fingerprint density at radius 1 is 1.20 bits per heavy atom. The van der Waals surface area contributed by atoms with E-state index >= 15 is 0 Å². The van der Waals surface area contributed by atoms with Crippen LogP contribution in [0.25, 0.3) is 0 Å². The number of nitrogens with zero attached hydrogens (tertiary/aromatic N) is 1. The van der Waals surface area contributed by atoms with Crippen LogP contribution in [0.1, 0.15) is 11.1 Å². The minimum absolute atomic E-state index is 0.0381. The highest BCUT2D eigenvalue weighted by Crippen LogP contribution is 2.22. The van der Waals surface area contributed by atoms with Gasteiger partial charge in [0.15, 0.2) is 0 Å². The Balaban J connectivity index is 2.21. The Morgan fingerprint density at radius 2 is 1.95 bits per heavy atom. The lowest BCUT2D eigenvalue weighted by Gasteiger charge is -2.08. The molecule has 0 spiro atoms. The van der Waals surface area contributed by atoms with Gasteiger partial charge in [0.2, 0.25) is 5.82 Å². The fourth-order valence-electron chi connectivity index (χ4n) is 1.81. The summed E-state index contributed by atoms with van der Waals surface area (Å²) in [4.78, 5) is 9.76. The largest absolute Gasteiger partial charge is 0.381 e. The van der Waals surface area contributed by atoms with Crippen LogP contribution >= 0.6 is 0 Å². The summed E-state index contributed by atoms with van der Waals surface area (Å²) in [6.07, 6.45) is 0. The normalized spacial score (nSPS) is 10.3. The summed E-state index contributed by atoms with van der Waals surface area (Å²) in [5.74, 6) is -1.99. The van der Waals surface area contributed by atoms with Gasteiger partial charge in [0, 0.05) is 29.9 Å². The van der Waals surface area contributed by atoms with Crippen molar-refractivity contribution in [2.45, 2.75) is 13.5 Å². The molecule has 20 heavy (non-hydrogen) atoms. The molecule has 0 saturated heterocycles. The van der Waals surface area contributed by atoms with Crippen molar-refractivity contribution in [2.24, 2.45) is 0 Å². The van der Waals surface area contributed by atoms with Crippen molar-refractivity contribution in [3.63, 3.8) is 0 Å². The second-order valence-electron chi connectivity index (χ2n) is 4.38. The molecule has 0 atom stereocenters. The van der Waals surface area contributed by atoms with Crippen molar-refractivity contribution < 1.29 is 13.7 Å². The van der Waals surface area contributed by atoms with Gasteiger partial charge in [-0.1, -0.05) is 12.1 Å². The van der Waals surface area contributed by atoms with Gasteiger partial charge in [-0.2, -0.15) is 4.39 Å². The zero-order valence-corrected chi connectivity index (χ0v) is 10.7. The molecular weight excluding hydrogens is 266 g/mol. The second kappa shape index (κ2) is 5.64. The van der Waals surface area contributed by atoms with Crippen LogP contribution in [0.15, 0.2) is 36.4 Å². The molecule has 0 aromatic heterocycles.